The Morgan fingerprint density at radius 2 is 1.25 bits per heavy atom. The van der Waals surface area contributed by atoms with Crippen LogP contribution in [0.2, 0.25) is 0 Å². The summed E-state index contributed by atoms with van der Waals surface area (Å²) in [5.74, 6) is 0. The van der Waals surface area contributed by atoms with Gasteiger partial charge in [-0.1, -0.05) is 31.7 Å². The third-order valence-electron chi connectivity index (χ3n) is 2.76. The SMILES string of the molecule is C.Nc1ccc(-c2ccc(N)cc2)cc1.OCC1CO1. The van der Waals surface area contributed by atoms with Crippen molar-refractivity contribution in [3.8, 4) is 11.1 Å². The third kappa shape index (κ3) is 4.91. The Kier molecular flexibility index (Phi) is 6.03. The van der Waals surface area contributed by atoms with Crippen LogP contribution in [0.4, 0.5) is 11.4 Å². The molecule has 1 unspecified atom stereocenters. The molecule has 4 nitrogen and oxygen atoms in total. The van der Waals surface area contributed by atoms with Crippen molar-refractivity contribution in [1.29, 1.82) is 0 Å². The van der Waals surface area contributed by atoms with Gasteiger partial charge in [-0.25, -0.2) is 0 Å². The van der Waals surface area contributed by atoms with Gasteiger partial charge >= 0.3 is 0 Å². The average Bonchev–Trinajstić information content (AvgIpc) is 3.25. The molecule has 108 valence electrons. The van der Waals surface area contributed by atoms with E-state index in [2.05, 4.69) is 4.74 Å². The van der Waals surface area contributed by atoms with E-state index in [1.807, 2.05) is 48.5 Å². The second kappa shape index (κ2) is 7.53. The normalized spacial score (nSPS) is 15.6. The highest BCUT2D eigenvalue weighted by Crippen LogP contribution is 2.21. The summed E-state index contributed by atoms with van der Waals surface area (Å²) in [5.41, 5.74) is 15.1. The molecule has 0 amide bonds. The van der Waals surface area contributed by atoms with Crippen molar-refractivity contribution < 1.29 is 9.84 Å². The summed E-state index contributed by atoms with van der Waals surface area (Å²) < 4.78 is 4.61. The van der Waals surface area contributed by atoms with E-state index in [0.717, 1.165) is 29.1 Å². The maximum Gasteiger partial charge on any atom is 0.104 e. The molecule has 0 aromatic heterocycles. The van der Waals surface area contributed by atoms with Crippen molar-refractivity contribution in [2.24, 2.45) is 0 Å². The van der Waals surface area contributed by atoms with Crippen molar-refractivity contribution >= 4 is 11.4 Å². The predicted octanol–water partition coefficient (Wildman–Crippen LogP) is 2.53. The van der Waals surface area contributed by atoms with Crippen LogP contribution in [0, 0.1) is 0 Å². The first kappa shape index (κ1) is 16.0. The van der Waals surface area contributed by atoms with E-state index in [0.29, 0.717) is 0 Å². The van der Waals surface area contributed by atoms with Crippen LogP contribution in [0.1, 0.15) is 7.43 Å². The van der Waals surface area contributed by atoms with Gasteiger partial charge in [0, 0.05) is 11.4 Å². The lowest BCUT2D eigenvalue weighted by Gasteiger charge is -2.02. The second-order valence-corrected chi connectivity index (χ2v) is 4.38. The molecule has 1 atom stereocenters. The molecule has 1 fully saturated rings. The molecule has 3 rings (SSSR count). The first-order valence-corrected chi connectivity index (χ1v) is 6.13. The molecule has 0 saturated carbocycles. The van der Waals surface area contributed by atoms with Gasteiger partial charge in [-0.05, 0) is 35.4 Å². The molecule has 2 aromatic rings. The monoisotopic (exact) mass is 274 g/mol. The van der Waals surface area contributed by atoms with Gasteiger partial charge in [0.15, 0.2) is 0 Å². The molecule has 2 aromatic carbocycles. The number of anilines is 2. The van der Waals surface area contributed by atoms with Crippen LogP contribution in [0.15, 0.2) is 48.5 Å². The smallest absolute Gasteiger partial charge is 0.104 e. The van der Waals surface area contributed by atoms with Gasteiger partial charge in [-0.2, -0.15) is 0 Å². The van der Waals surface area contributed by atoms with Crippen molar-refractivity contribution in [3.05, 3.63) is 48.5 Å². The van der Waals surface area contributed by atoms with Crippen LogP contribution in [0.3, 0.4) is 0 Å². The van der Waals surface area contributed by atoms with Crippen LogP contribution in [0.25, 0.3) is 11.1 Å². The number of nitrogen functional groups attached to an aromatic ring is 2. The summed E-state index contributed by atoms with van der Waals surface area (Å²) in [6.07, 6.45) is 0.190. The van der Waals surface area contributed by atoms with E-state index in [1.54, 1.807) is 0 Å². The summed E-state index contributed by atoms with van der Waals surface area (Å²) in [7, 11) is 0. The zero-order valence-corrected chi connectivity index (χ0v) is 10.6. The summed E-state index contributed by atoms with van der Waals surface area (Å²) in [6.45, 7) is 0.955. The minimum atomic E-state index is 0. The van der Waals surface area contributed by atoms with E-state index in [9.17, 15) is 0 Å². The number of ether oxygens (including phenoxy) is 1. The molecule has 1 aliphatic heterocycles. The van der Waals surface area contributed by atoms with Crippen LogP contribution in [-0.4, -0.2) is 24.4 Å². The van der Waals surface area contributed by atoms with Gasteiger partial charge < -0.3 is 21.3 Å². The average molecular weight is 274 g/mol. The van der Waals surface area contributed by atoms with Gasteiger partial charge in [0.1, 0.15) is 6.10 Å². The van der Waals surface area contributed by atoms with Gasteiger partial charge in [0.2, 0.25) is 0 Å². The largest absolute Gasteiger partial charge is 0.399 e. The molecular weight excluding hydrogens is 252 g/mol. The van der Waals surface area contributed by atoms with Gasteiger partial charge in [0.25, 0.3) is 0 Å². The molecular formula is C16H22N2O2. The highest BCUT2D eigenvalue weighted by Gasteiger charge is 2.19. The summed E-state index contributed by atoms with van der Waals surface area (Å²) in [6, 6.07) is 15.6. The van der Waals surface area contributed by atoms with Crippen LogP contribution >= 0.6 is 0 Å². The number of aliphatic hydroxyl groups excluding tert-OH is 1. The van der Waals surface area contributed by atoms with E-state index < -0.39 is 0 Å². The fourth-order valence-electron chi connectivity index (χ4n) is 1.52. The highest BCUT2D eigenvalue weighted by molar-refractivity contribution is 5.67. The quantitative estimate of drug-likeness (QED) is 0.580. The van der Waals surface area contributed by atoms with Crippen LogP contribution in [-0.2, 0) is 4.74 Å². The standard InChI is InChI=1S/C12H12N2.C3H6O2.CH4/c13-11-5-1-9(2-6-11)10-3-7-12(14)8-4-10;4-1-3-2-5-3;/h1-8H,13-14H2;3-4H,1-2H2;1H4. The molecule has 0 aliphatic carbocycles. The number of benzene rings is 2. The van der Waals surface area contributed by atoms with Gasteiger partial charge in [-0.15, -0.1) is 0 Å². The molecule has 1 saturated heterocycles. The fourth-order valence-corrected chi connectivity index (χ4v) is 1.52. The molecule has 0 radical (unpaired) electrons. The van der Waals surface area contributed by atoms with Crippen molar-refractivity contribution in [2.75, 3.05) is 24.7 Å². The minimum Gasteiger partial charge on any atom is -0.399 e. The maximum absolute atomic E-state index is 8.08. The molecule has 0 spiro atoms. The topological polar surface area (TPSA) is 84.8 Å². The molecule has 1 aliphatic rings. The van der Waals surface area contributed by atoms with Gasteiger partial charge in [0.05, 0.1) is 13.2 Å². The zero-order valence-electron chi connectivity index (χ0n) is 10.6. The third-order valence-corrected chi connectivity index (χ3v) is 2.76. The van der Waals surface area contributed by atoms with Crippen LogP contribution in [0.5, 0.6) is 0 Å². The van der Waals surface area contributed by atoms with Gasteiger partial charge in [-0.3, -0.25) is 0 Å². The predicted molar refractivity (Wildman–Crippen MR) is 84.3 cm³/mol. The van der Waals surface area contributed by atoms with E-state index in [-0.39, 0.29) is 20.1 Å². The van der Waals surface area contributed by atoms with E-state index in [4.69, 9.17) is 16.6 Å². The van der Waals surface area contributed by atoms with Crippen molar-refractivity contribution in [3.63, 3.8) is 0 Å². The summed E-state index contributed by atoms with van der Waals surface area (Å²) in [5, 5.41) is 8.08. The lowest BCUT2D eigenvalue weighted by atomic mass is 10.1. The van der Waals surface area contributed by atoms with Crippen molar-refractivity contribution in [2.45, 2.75) is 13.5 Å². The lowest BCUT2D eigenvalue weighted by molar-refractivity contribution is 0.244. The fraction of sp³-hybridized carbons (Fsp3) is 0.250. The Morgan fingerprint density at radius 1 is 0.900 bits per heavy atom. The summed E-state index contributed by atoms with van der Waals surface area (Å²) >= 11 is 0. The highest BCUT2D eigenvalue weighted by atomic mass is 16.6. The molecule has 4 heteroatoms. The molecule has 1 heterocycles. The zero-order chi connectivity index (χ0) is 13.7. The first-order valence-electron chi connectivity index (χ1n) is 6.13. The Labute approximate surface area is 120 Å². The number of aliphatic hydroxyl groups is 1. The van der Waals surface area contributed by atoms with Crippen molar-refractivity contribution in [1.82, 2.24) is 0 Å². The van der Waals surface area contributed by atoms with E-state index >= 15 is 0 Å². The lowest BCUT2D eigenvalue weighted by Crippen LogP contribution is -1.88. The Morgan fingerprint density at radius 3 is 1.45 bits per heavy atom. The minimum absolute atomic E-state index is 0. The molecule has 5 N–H and O–H groups in total. The molecule has 0 bridgehead atoms. The number of hydrogen-bond donors (Lipinski definition) is 3. The van der Waals surface area contributed by atoms with Crippen LogP contribution < -0.4 is 11.5 Å². The Hall–Kier alpha value is -2.04. The maximum atomic E-state index is 8.08. The number of hydrogen-bond acceptors (Lipinski definition) is 4. The first-order chi connectivity index (χ1) is 9.19. The Balaban J connectivity index is 0.000000283. The van der Waals surface area contributed by atoms with E-state index in [1.165, 1.54) is 0 Å². The number of nitrogens with two attached hydrogens (primary N) is 2. The number of rotatable bonds is 2. The molecule has 20 heavy (non-hydrogen) atoms. The number of epoxide rings is 1. The summed E-state index contributed by atoms with van der Waals surface area (Å²) in [4.78, 5) is 0. The second-order valence-electron chi connectivity index (χ2n) is 4.38. The Bertz CT molecular complexity index is 462.